The number of anilines is 1. The van der Waals surface area contributed by atoms with Gasteiger partial charge in [-0.3, -0.25) is 9.88 Å². The molecule has 4 rings (SSSR count). The summed E-state index contributed by atoms with van der Waals surface area (Å²) in [6.07, 6.45) is 2.08. The van der Waals surface area contributed by atoms with Gasteiger partial charge in [-0.1, -0.05) is 49.7 Å². The van der Waals surface area contributed by atoms with E-state index in [0.29, 0.717) is 0 Å². The van der Waals surface area contributed by atoms with E-state index < -0.39 is 0 Å². The molecule has 1 saturated heterocycles. The molecule has 1 aliphatic heterocycles. The molecule has 0 atom stereocenters. The summed E-state index contributed by atoms with van der Waals surface area (Å²) in [4.78, 5) is 10.2. The topological polar surface area (TPSA) is 19.4 Å². The molecule has 3 aromatic rings. The first-order chi connectivity index (χ1) is 15.5. The zero-order chi connectivity index (χ0) is 22.7. The number of aryl methyl sites for hydroxylation is 5. The van der Waals surface area contributed by atoms with Crippen LogP contribution in [0.1, 0.15) is 47.4 Å². The van der Waals surface area contributed by atoms with Gasteiger partial charge in [0.15, 0.2) is 0 Å². The van der Waals surface area contributed by atoms with Crippen molar-refractivity contribution in [3.8, 4) is 11.3 Å². The maximum Gasteiger partial charge on any atom is 0.0713 e. The molecule has 0 amide bonds. The smallest absolute Gasteiger partial charge is 0.0713 e. The van der Waals surface area contributed by atoms with Crippen LogP contribution in [-0.4, -0.2) is 36.1 Å². The Hall–Kier alpha value is -2.65. The van der Waals surface area contributed by atoms with Crippen LogP contribution in [-0.2, 0) is 19.4 Å². The first-order valence-corrected chi connectivity index (χ1v) is 12.1. The predicted molar refractivity (Wildman–Crippen MR) is 137 cm³/mol. The normalized spacial score (nSPS) is 14.7. The molecule has 0 unspecified atom stereocenters. The van der Waals surface area contributed by atoms with Gasteiger partial charge in [0, 0.05) is 49.7 Å². The van der Waals surface area contributed by atoms with E-state index in [1.807, 2.05) is 0 Å². The molecule has 0 N–H and O–H groups in total. The second-order valence-corrected chi connectivity index (χ2v) is 9.15. The molecule has 0 aliphatic carbocycles. The van der Waals surface area contributed by atoms with Gasteiger partial charge in [-0.2, -0.15) is 0 Å². The third kappa shape index (κ3) is 4.73. The van der Waals surface area contributed by atoms with Gasteiger partial charge >= 0.3 is 0 Å². The van der Waals surface area contributed by atoms with Crippen LogP contribution in [0.25, 0.3) is 11.3 Å². The first-order valence-electron chi connectivity index (χ1n) is 12.1. The lowest BCUT2D eigenvalue weighted by Crippen LogP contribution is -2.46. The molecule has 1 fully saturated rings. The summed E-state index contributed by atoms with van der Waals surface area (Å²) in [5, 5.41) is 0. The van der Waals surface area contributed by atoms with E-state index in [1.54, 1.807) is 0 Å². The van der Waals surface area contributed by atoms with Crippen LogP contribution < -0.4 is 4.90 Å². The summed E-state index contributed by atoms with van der Waals surface area (Å²) in [6.45, 7) is 16.4. The van der Waals surface area contributed by atoms with Crippen molar-refractivity contribution in [1.29, 1.82) is 0 Å². The number of hydrogen-bond donors (Lipinski definition) is 0. The van der Waals surface area contributed by atoms with E-state index in [2.05, 4.69) is 92.9 Å². The lowest BCUT2D eigenvalue weighted by atomic mass is 9.93. The highest BCUT2D eigenvalue weighted by molar-refractivity contribution is 5.69. The van der Waals surface area contributed by atoms with Gasteiger partial charge in [0.2, 0.25) is 0 Å². The number of aromatic nitrogens is 1. The summed E-state index contributed by atoms with van der Waals surface area (Å²) in [6, 6.07) is 17.9. The molecular formula is C29H37N3. The Morgan fingerprint density at radius 3 is 2.00 bits per heavy atom. The fraction of sp³-hybridized carbons (Fsp3) is 0.414. The van der Waals surface area contributed by atoms with E-state index in [9.17, 15) is 0 Å². The number of piperazine rings is 1. The van der Waals surface area contributed by atoms with Gasteiger partial charge in [0.05, 0.1) is 5.69 Å². The minimum absolute atomic E-state index is 0.989. The fourth-order valence-electron chi connectivity index (χ4n) is 4.94. The zero-order valence-electron chi connectivity index (χ0n) is 20.4. The van der Waals surface area contributed by atoms with E-state index in [1.165, 1.54) is 44.8 Å². The van der Waals surface area contributed by atoms with Crippen LogP contribution in [0.5, 0.6) is 0 Å². The molecule has 0 radical (unpaired) electrons. The number of rotatable bonds is 6. The Bertz CT molecular complexity index is 1020. The van der Waals surface area contributed by atoms with Gasteiger partial charge in [-0.25, -0.2) is 0 Å². The van der Waals surface area contributed by atoms with Gasteiger partial charge in [0.1, 0.15) is 0 Å². The molecule has 0 spiro atoms. The largest absolute Gasteiger partial charge is 0.369 e. The van der Waals surface area contributed by atoms with E-state index >= 15 is 0 Å². The second-order valence-electron chi connectivity index (χ2n) is 9.15. The summed E-state index contributed by atoms with van der Waals surface area (Å²) >= 11 is 0. The Labute approximate surface area is 194 Å². The van der Waals surface area contributed by atoms with Crippen molar-refractivity contribution in [2.24, 2.45) is 0 Å². The second kappa shape index (κ2) is 9.87. The average Bonchev–Trinajstić information content (AvgIpc) is 2.81. The molecule has 3 heteroatoms. The number of hydrogen-bond acceptors (Lipinski definition) is 3. The molecule has 32 heavy (non-hydrogen) atoms. The van der Waals surface area contributed by atoms with Crippen molar-refractivity contribution in [1.82, 2.24) is 9.88 Å². The number of pyridine rings is 1. The van der Waals surface area contributed by atoms with Crippen molar-refractivity contribution >= 4 is 5.69 Å². The molecule has 168 valence electrons. The van der Waals surface area contributed by atoms with Gasteiger partial charge in [-0.15, -0.1) is 0 Å². The molecule has 0 bridgehead atoms. The van der Waals surface area contributed by atoms with Gasteiger partial charge in [-0.05, 0) is 74.1 Å². The van der Waals surface area contributed by atoms with Crippen molar-refractivity contribution in [2.75, 3.05) is 31.1 Å². The molecule has 2 aromatic carbocycles. The average molecular weight is 428 g/mol. The molecule has 2 heterocycles. The van der Waals surface area contributed by atoms with Crippen LogP contribution in [0.4, 0.5) is 5.69 Å². The van der Waals surface area contributed by atoms with Crippen molar-refractivity contribution in [3.05, 3.63) is 82.0 Å². The summed E-state index contributed by atoms with van der Waals surface area (Å²) in [7, 11) is 0. The first kappa shape index (κ1) is 22.5. The predicted octanol–water partition coefficient (Wildman–Crippen LogP) is 6.12. The van der Waals surface area contributed by atoms with Gasteiger partial charge < -0.3 is 4.90 Å². The van der Waals surface area contributed by atoms with Crippen LogP contribution in [0, 0.1) is 20.8 Å². The van der Waals surface area contributed by atoms with Crippen LogP contribution >= 0.6 is 0 Å². The number of benzene rings is 2. The minimum atomic E-state index is 0.989. The van der Waals surface area contributed by atoms with Crippen molar-refractivity contribution in [3.63, 3.8) is 0 Å². The molecule has 1 aliphatic rings. The lowest BCUT2D eigenvalue weighted by molar-refractivity contribution is 0.248. The Morgan fingerprint density at radius 1 is 0.812 bits per heavy atom. The maximum absolute atomic E-state index is 5.12. The summed E-state index contributed by atoms with van der Waals surface area (Å²) in [5.41, 5.74) is 11.9. The van der Waals surface area contributed by atoms with E-state index in [-0.39, 0.29) is 0 Å². The quantitative estimate of drug-likeness (QED) is 0.472. The van der Waals surface area contributed by atoms with Crippen LogP contribution in [0.15, 0.2) is 48.5 Å². The Balaban J connectivity index is 1.50. The highest BCUT2D eigenvalue weighted by Gasteiger charge is 2.20. The third-order valence-electron chi connectivity index (χ3n) is 6.96. The summed E-state index contributed by atoms with van der Waals surface area (Å²) < 4.78 is 0. The Morgan fingerprint density at radius 2 is 1.44 bits per heavy atom. The minimum Gasteiger partial charge on any atom is -0.369 e. The van der Waals surface area contributed by atoms with Crippen LogP contribution in [0.3, 0.4) is 0 Å². The highest BCUT2D eigenvalue weighted by atomic mass is 15.3. The lowest BCUT2D eigenvalue weighted by Gasteiger charge is -2.36. The third-order valence-corrected chi connectivity index (χ3v) is 6.96. The zero-order valence-corrected chi connectivity index (χ0v) is 20.4. The molecule has 0 saturated carbocycles. The molecule has 3 nitrogen and oxygen atoms in total. The standard InChI is InChI=1S/C29H37N3/c1-6-24-9-8-10-25(7-2)29(24)28-19-22(4)27(23(5)30-28)20-31-15-17-32(18-16-31)26-13-11-21(3)12-14-26/h8-14,19H,6-7,15-18,20H2,1-5H3. The van der Waals surface area contributed by atoms with Crippen molar-refractivity contribution in [2.45, 2.75) is 54.0 Å². The molecule has 1 aromatic heterocycles. The van der Waals surface area contributed by atoms with Crippen molar-refractivity contribution < 1.29 is 0 Å². The van der Waals surface area contributed by atoms with Crippen LogP contribution in [0.2, 0.25) is 0 Å². The summed E-state index contributed by atoms with van der Waals surface area (Å²) in [5.74, 6) is 0. The SMILES string of the molecule is CCc1cccc(CC)c1-c1cc(C)c(CN2CCN(c3ccc(C)cc3)CC2)c(C)n1. The maximum atomic E-state index is 5.12. The van der Waals surface area contributed by atoms with E-state index in [0.717, 1.165) is 51.3 Å². The molecular weight excluding hydrogens is 390 g/mol. The highest BCUT2D eigenvalue weighted by Crippen LogP contribution is 2.30. The van der Waals surface area contributed by atoms with E-state index in [4.69, 9.17) is 4.98 Å². The number of nitrogens with zero attached hydrogens (tertiary/aromatic N) is 3. The monoisotopic (exact) mass is 427 g/mol. The Kier molecular flexibility index (Phi) is 6.95. The van der Waals surface area contributed by atoms with Gasteiger partial charge in [0.25, 0.3) is 0 Å². The fourth-order valence-corrected chi connectivity index (χ4v) is 4.94.